The van der Waals surface area contributed by atoms with E-state index in [0.717, 1.165) is 5.56 Å². The van der Waals surface area contributed by atoms with E-state index in [-0.39, 0.29) is 11.6 Å². The van der Waals surface area contributed by atoms with Crippen LogP contribution in [-0.2, 0) is 0 Å². The fourth-order valence-electron chi connectivity index (χ4n) is 3.53. The van der Waals surface area contributed by atoms with Gasteiger partial charge in [-0.2, -0.15) is 10.2 Å². The van der Waals surface area contributed by atoms with E-state index in [1.54, 1.807) is 7.11 Å². The number of hydrogen-bond donors (Lipinski definition) is 0. The molecule has 2 heterocycles. The highest BCUT2D eigenvalue weighted by Gasteiger charge is 2.27. The lowest BCUT2D eigenvalue weighted by Crippen LogP contribution is -2.48. The molecule has 2 aromatic carbocycles. The molecule has 0 atom stereocenters. The minimum absolute atomic E-state index is 0.0161. The first-order valence-corrected chi connectivity index (χ1v) is 9.76. The van der Waals surface area contributed by atoms with Crippen molar-refractivity contribution in [2.75, 3.05) is 38.2 Å². The van der Waals surface area contributed by atoms with Crippen molar-refractivity contribution in [1.82, 2.24) is 9.88 Å². The Kier molecular flexibility index (Phi) is 5.40. The molecule has 1 aromatic heterocycles. The molecule has 1 amide bonds. The Balaban J connectivity index is 1.51. The van der Waals surface area contributed by atoms with Gasteiger partial charge in [0.15, 0.2) is 0 Å². The quantitative estimate of drug-likeness (QED) is 0.664. The molecule has 0 unspecified atom stereocenters. The van der Waals surface area contributed by atoms with Crippen LogP contribution in [0.15, 0.2) is 52.9 Å². The van der Waals surface area contributed by atoms with E-state index in [9.17, 15) is 10.1 Å². The van der Waals surface area contributed by atoms with Crippen LogP contribution in [0.3, 0.4) is 0 Å². The average Bonchev–Trinajstić information content (AvgIpc) is 3.23. The van der Waals surface area contributed by atoms with Crippen LogP contribution in [0.1, 0.15) is 21.6 Å². The normalized spacial score (nSPS) is 13.8. The van der Waals surface area contributed by atoms with Crippen molar-refractivity contribution < 1.29 is 13.9 Å². The molecule has 7 nitrogen and oxygen atoms in total. The zero-order chi connectivity index (χ0) is 21.1. The van der Waals surface area contributed by atoms with Gasteiger partial charge < -0.3 is 19.0 Å². The van der Waals surface area contributed by atoms with Gasteiger partial charge in [0.05, 0.1) is 12.7 Å². The molecule has 3 aromatic rings. The predicted octanol–water partition coefficient (Wildman–Crippen LogP) is 3.49. The first-order valence-electron chi connectivity index (χ1n) is 9.76. The van der Waals surface area contributed by atoms with E-state index in [1.165, 1.54) is 0 Å². The monoisotopic (exact) mass is 402 g/mol. The van der Waals surface area contributed by atoms with Gasteiger partial charge in [-0.05, 0) is 31.2 Å². The number of aromatic nitrogens is 1. The van der Waals surface area contributed by atoms with Crippen LogP contribution in [-0.4, -0.2) is 49.1 Å². The number of piperazine rings is 1. The number of amides is 1. The third-order valence-corrected chi connectivity index (χ3v) is 5.21. The summed E-state index contributed by atoms with van der Waals surface area (Å²) < 4.78 is 11.4. The molecule has 0 saturated carbocycles. The Morgan fingerprint density at radius 2 is 1.80 bits per heavy atom. The second-order valence-corrected chi connectivity index (χ2v) is 7.13. The number of nitrogens with zero attached hydrogens (tertiary/aromatic N) is 4. The zero-order valence-electron chi connectivity index (χ0n) is 17.0. The molecule has 0 N–H and O–H groups in total. The van der Waals surface area contributed by atoms with Gasteiger partial charge in [-0.1, -0.05) is 29.8 Å². The van der Waals surface area contributed by atoms with Crippen LogP contribution in [0.25, 0.3) is 11.5 Å². The Morgan fingerprint density at radius 3 is 2.47 bits per heavy atom. The minimum Gasteiger partial charge on any atom is -0.496 e. The van der Waals surface area contributed by atoms with E-state index >= 15 is 0 Å². The summed E-state index contributed by atoms with van der Waals surface area (Å²) in [5.41, 5.74) is 2.73. The number of ether oxygens (including phenoxy) is 1. The first-order chi connectivity index (χ1) is 14.6. The number of oxazole rings is 1. The SMILES string of the molecule is COc1ccccc1-c1nc(C#N)c(N2CCN(C(=O)c3ccc(C)cc3)CC2)o1. The number of carbonyl (C=O) groups excluding carboxylic acids is 1. The molecular weight excluding hydrogens is 380 g/mol. The lowest BCUT2D eigenvalue weighted by molar-refractivity contribution is 0.0745. The van der Waals surface area contributed by atoms with Crippen LogP contribution in [0, 0.1) is 18.3 Å². The summed E-state index contributed by atoms with van der Waals surface area (Å²) in [5.74, 6) is 1.42. The van der Waals surface area contributed by atoms with Crippen molar-refractivity contribution in [2.24, 2.45) is 0 Å². The first kappa shape index (κ1) is 19.5. The molecular formula is C23H22N4O3. The molecule has 30 heavy (non-hydrogen) atoms. The molecule has 0 bridgehead atoms. The number of aryl methyl sites for hydroxylation is 1. The standard InChI is InChI=1S/C23H22N4O3/c1-16-7-9-17(10-8-16)22(28)26-11-13-27(14-12-26)23-19(15-24)25-21(30-23)18-5-3-4-6-20(18)29-2/h3-10H,11-14H2,1-2H3. The highest BCUT2D eigenvalue weighted by atomic mass is 16.5. The number of anilines is 1. The van der Waals surface area contributed by atoms with Crippen molar-refractivity contribution in [2.45, 2.75) is 6.92 Å². The van der Waals surface area contributed by atoms with Crippen molar-refractivity contribution >= 4 is 11.8 Å². The van der Waals surface area contributed by atoms with Gasteiger partial charge in [-0.15, -0.1) is 0 Å². The average molecular weight is 402 g/mol. The second-order valence-electron chi connectivity index (χ2n) is 7.13. The minimum atomic E-state index is 0.0161. The topological polar surface area (TPSA) is 82.6 Å². The summed E-state index contributed by atoms with van der Waals surface area (Å²) in [5, 5.41) is 9.55. The molecule has 4 rings (SSSR count). The highest BCUT2D eigenvalue weighted by Crippen LogP contribution is 2.33. The molecule has 7 heteroatoms. The van der Waals surface area contributed by atoms with E-state index in [2.05, 4.69) is 11.1 Å². The molecule has 0 aliphatic carbocycles. The summed E-state index contributed by atoms with van der Waals surface area (Å²) in [7, 11) is 1.58. The molecule has 1 aliphatic rings. The van der Waals surface area contributed by atoms with Crippen molar-refractivity contribution in [1.29, 1.82) is 5.26 Å². The van der Waals surface area contributed by atoms with E-state index in [4.69, 9.17) is 9.15 Å². The lowest BCUT2D eigenvalue weighted by atomic mass is 10.1. The lowest BCUT2D eigenvalue weighted by Gasteiger charge is -2.34. The third-order valence-electron chi connectivity index (χ3n) is 5.21. The highest BCUT2D eigenvalue weighted by molar-refractivity contribution is 5.94. The third kappa shape index (κ3) is 3.72. The fraction of sp³-hybridized carbons (Fsp3) is 0.261. The van der Waals surface area contributed by atoms with Gasteiger partial charge in [-0.3, -0.25) is 4.79 Å². The molecule has 1 saturated heterocycles. The fourth-order valence-corrected chi connectivity index (χ4v) is 3.53. The Bertz CT molecular complexity index is 1090. The summed E-state index contributed by atoms with van der Waals surface area (Å²) in [4.78, 5) is 20.9. The summed E-state index contributed by atoms with van der Waals surface area (Å²) in [6.07, 6.45) is 0. The number of nitriles is 1. The Labute approximate surface area is 175 Å². The van der Waals surface area contributed by atoms with E-state index in [0.29, 0.717) is 54.8 Å². The number of rotatable bonds is 4. The second kappa shape index (κ2) is 8.29. The number of hydrogen-bond acceptors (Lipinski definition) is 6. The summed E-state index contributed by atoms with van der Waals surface area (Å²) in [6.45, 7) is 4.21. The maximum absolute atomic E-state index is 12.7. The molecule has 0 spiro atoms. The Morgan fingerprint density at radius 1 is 1.10 bits per heavy atom. The maximum Gasteiger partial charge on any atom is 0.253 e. The Hall–Kier alpha value is -3.79. The number of para-hydroxylation sites is 1. The molecule has 152 valence electrons. The smallest absolute Gasteiger partial charge is 0.253 e. The zero-order valence-corrected chi connectivity index (χ0v) is 17.0. The number of methoxy groups -OCH3 is 1. The van der Waals surface area contributed by atoms with Crippen molar-refractivity contribution in [3.05, 3.63) is 65.4 Å². The maximum atomic E-state index is 12.7. The molecule has 1 aliphatic heterocycles. The van der Waals surface area contributed by atoms with Gasteiger partial charge in [0.25, 0.3) is 5.91 Å². The van der Waals surface area contributed by atoms with E-state index < -0.39 is 0 Å². The number of carbonyl (C=O) groups is 1. The van der Waals surface area contributed by atoms with Crippen LogP contribution in [0.4, 0.5) is 5.88 Å². The largest absolute Gasteiger partial charge is 0.496 e. The predicted molar refractivity (Wildman–Crippen MR) is 113 cm³/mol. The van der Waals surface area contributed by atoms with Crippen LogP contribution >= 0.6 is 0 Å². The van der Waals surface area contributed by atoms with Crippen LogP contribution in [0.5, 0.6) is 5.75 Å². The molecule has 1 fully saturated rings. The molecule has 0 radical (unpaired) electrons. The summed E-state index contributed by atoms with van der Waals surface area (Å²) >= 11 is 0. The van der Waals surface area contributed by atoms with Gasteiger partial charge in [0.1, 0.15) is 11.8 Å². The van der Waals surface area contributed by atoms with Crippen LogP contribution in [0.2, 0.25) is 0 Å². The van der Waals surface area contributed by atoms with Crippen molar-refractivity contribution in [3.8, 4) is 23.3 Å². The van der Waals surface area contributed by atoms with E-state index in [1.807, 2.05) is 65.3 Å². The summed E-state index contributed by atoms with van der Waals surface area (Å²) in [6, 6.07) is 17.1. The van der Waals surface area contributed by atoms with Crippen molar-refractivity contribution in [3.63, 3.8) is 0 Å². The van der Waals surface area contributed by atoms with Gasteiger partial charge >= 0.3 is 0 Å². The number of benzene rings is 2. The van der Waals surface area contributed by atoms with Gasteiger partial charge in [-0.25, -0.2) is 0 Å². The van der Waals surface area contributed by atoms with Gasteiger partial charge in [0, 0.05) is 31.7 Å². The van der Waals surface area contributed by atoms with Crippen LogP contribution < -0.4 is 9.64 Å². The van der Waals surface area contributed by atoms with Gasteiger partial charge in [0.2, 0.25) is 17.5 Å².